The third-order valence-corrected chi connectivity index (χ3v) is 3.71. The number of anilines is 1. The van der Waals surface area contributed by atoms with Crippen LogP contribution < -0.4 is 15.4 Å². The molecule has 2 N–H and O–H groups in total. The molecule has 2 atom stereocenters. The standard InChI is InChI=1S/C20H26N2O3/c1-4-25-18-13-9-8-12-17(18)22-20(23)19(21-15(2)14-24-3)16-10-6-5-7-11-16/h5-13,15,19,21H,4,14H2,1-3H3,(H,22,23)/t15-,19+/m1/s1. The van der Waals surface area contributed by atoms with E-state index in [0.717, 1.165) is 5.56 Å². The van der Waals surface area contributed by atoms with E-state index in [2.05, 4.69) is 10.6 Å². The molecular weight excluding hydrogens is 316 g/mol. The minimum atomic E-state index is -0.485. The number of ether oxygens (including phenoxy) is 2. The predicted molar refractivity (Wildman–Crippen MR) is 99.9 cm³/mol. The van der Waals surface area contributed by atoms with Crippen molar-refractivity contribution in [1.82, 2.24) is 5.32 Å². The summed E-state index contributed by atoms with van der Waals surface area (Å²) in [4.78, 5) is 12.9. The second-order valence-electron chi connectivity index (χ2n) is 5.79. The van der Waals surface area contributed by atoms with Crippen LogP contribution >= 0.6 is 0 Å². The number of carbonyl (C=O) groups is 1. The van der Waals surface area contributed by atoms with Gasteiger partial charge in [-0.2, -0.15) is 0 Å². The Morgan fingerprint density at radius 1 is 1.08 bits per heavy atom. The van der Waals surface area contributed by atoms with E-state index in [4.69, 9.17) is 9.47 Å². The van der Waals surface area contributed by atoms with E-state index >= 15 is 0 Å². The van der Waals surface area contributed by atoms with Crippen LogP contribution in [-0.4, -0.2) is 32.3 Å². The van der Waals surface area contributed by atoms with E-state index in [1.165, 1.54) is 0 Å². The van der Waals surface area contributed by atoms with Gasteiger partial charge in [-0.1, -0.05) is 42.5 Å². The molecule has 0 aliphatic heterocycles. The Balaban J connectivity index is 2.20. The molecule has 0 spiro atoms. The summed E-state index contributed by atoms with van der Waals surface area (Å²) in [5.74, 6) is 0.524. The van der Waals surface area contributed by atoms with Crippen molar-refractivity contribution < 1.29 is 14.3 Å². The second-order valence-corrected chi connectivity index (χ2v) is 5.79. The van der Waals surface area contributed by atoms with Gasteiger partial charge in [-0.15, -0.1) is 0 Å². The zero-order valence-corrected chi connectivity index (χ0v) is 15.0. The topological polar surface area (TPSA) is 59.6 Å². The molecule has 0 saturated carbocycles. The number of methoxy groups -OCH3 is 1. The van der Waals surface area contributed by atoms with Gasteiger partial charge in [0.1, 0.15) is 11.8 Å². The molecule has 2 aromatic rings. The van der Waals surface area contributed by atoms with Gasteiger partial charge in [0.2, 0.25) is 5.91 Å². The van der Waals surface area contributed by atoms with Crippen molar-refractivity contribution in [2.75, 3.05) is 25.6 Å². The largest absolute Gasteiger partial charge is 0.492 e. The number of benzene rings is 2. The van der Waals surface area contributed by atoms with Crippen LogP contribution in [0, 0.1) is 0 Å². The Kier molecular flexibility index (Phi) is 7.44. The third-order valence-electron chi connectivity index (χ3n) is 3.71. The first-order chi connectivity index (χ1) is 12.2. The Morgan fingerprint density at radius 2 is 1.76 bits per heavy atom. The zero-order chi connectivity index (χ0) is 18.1. The van der Waals surface area contributed by atoms with Crippen LogP contribution in [0.2, 0.25) is 0 Å². The summed E-state index contributed by atoms with van der Waals surface area (Å²) in [5.41, 5.74) is 1.56. The number of para-hydroxylation sites is 2. The fraction of sp³-hybridized carbons (Fsp3) is 0.350. The van der Waals surface area contributed by atoms with Crippen LogP contribution in [0.1, 0.15) is 25.5 Å². The predicted octanol–water partition coefficient (Wildman–Crippen LogP) is 3.39. The molecule has 2 aromatic carbocycles. The lowest BCUT2D eigenvalue weighted by Gasteiger charge is -2.23. The van der Waals surface area contributed by atoms with E-state index in [1.54, 1.807) is 7.11 Å². The lowest BCUT2D eigenvalue weighted by atomic mass is 10.0. The zero-order valence-electron chi connectivity index (χ0n) is 15.0. The average molecular weight is 342 g/mol. The van der Waals surface area contributed by atoms with Gasteiger partial charge < -0.3 is 14.8 Å². The van der Waals surface area contributed by atoms with Crippen LogP contribution in [0.5, 0.6) is 5.75 Å². The van der Waals surface area contributed by atoms with Crippen molar-refractivity contribution in [2.45, 2.75) is 25.9 Å². The fourth-order valence-electron chi connectivity index (χ4n) is 2.61. The molecule has 0 bridgehead atoms. The summed E-state index contributed by atoms with van der Waals surface area (Å²) in [6.07, 6.45) is 0. The van der Waals surface area contributed by atoms with Gasteiger partial charge in [-0.25, -0.2) is 0 Å². The van der Waals surface area contributed by atoms with E-state index in [-0.39, 0.29) is 11.9 Å². The van der Waals surface area contributed by atoms with Crippen LogP contribution in [-0.2, 0) is 9.53 Å². The third kappa shape index (κ3) is 5.59. The van der Waals surface area contributed by atoms with Gasteiger partial charge in [0, 0.05) is 13.2 Å². The van der Waals surface area contributed by atoms with Crippen molar-refractivity contribution in [1.29, 1.82) is 0 Å². The Bertz CT molecular complexity index is 661. The highest BCUT2D eigenvalue weighted by Gasteiger charge is 2.23. The molecule has 0 fully saturated rings. The number of hydrogen-bond donors (Lipinski definition) is 2. The smallest absolute Gasteiger partial charge is 0.246 e. The first-order valence-electron chi connectivity index (χ1n) is 8.48. The van der Waals surface area contributed by atoms with Gasteiger partial charge in [0.05, 0.1) is 18.9 Å². The molecular formula is C20H26N2O3. The van der Waals surface area contributed by atoms with Gasteiger partial charge in [0.15, 0.2) is 0 Å². The maximum absolute atomic E-state index is 12.9. The van der Waals surface area contributed by atoms with E-state index in [0.29, 0.717) is 24.7 Å². The van der Waals surface area contributed by atoms with Crippen molar-refractivity contribution in [3.63, 3.8) is 0 Å². The highest BCUT2D eigenvalue weighted by Crippen LogP contribution is 2.25. The molecule has 1 amide bonds. The molecule has 25 heavy (non-hydrogen) atoms. The lowest BCUT2D eigenvalue weighted by molar-refractivity contribution is -0.118. The first-order valence-corrected chi connectivity index (χ1v) is 8.48. The second kappa shape index (κ2) is 9.81. The Labute approximate surface area is 149 Å². The minimum Gasteiger partial charge on any atom is -0.492 e. The van der Waals surface area contributed by atoms with Gasteiger partial charge in [-0.05, 0) is 31.5 Å². The van der Waals surface area contributed by atoms with E-state index in [9.17, 15) is 4.79 Å². The van der Waals surface area contributed by atoms with Crippen molar-refractivity contribution in [3.05, 3.63) is 60.2 Å². The maximum atomic E-state index is 12.9. The normalized spacial score (nSPS) is 13.1. The summed E-state index contributed by atoms with van der Waals surface area (Å²) in [7, 11) is 1.65. The quantitative estimate of drug-likeness (QED) is 0.733. The lowest BCUT2D eigenvalue weighted by Crippen LogP contribution is -2.40. The highest BCUT2D eigenvalue weighted by atomic mass is 16.5. The first kappa shape index (κ1) is 19.0. The van der Waals surface area contributed by atoms with Crippen LogP contribution in [0.15, 0.2) is 54.6 Å². The average Bonchev–Trinajstić information content (AvgIpc) is 2.62. The summed E-state index contributed by atoms with van der Waals surface area (Å²) in [6.45, 7) is 4.96. The van der Waals surface area contributed by atoms with E-state index < -0.39 is 6.04 Å². The van der Waals surface area contributed by atoms with Gasteiger partial charge >= 0.3 is 0 Å². The summed E-state index contributed by atoms with van der Waals surface area (Å²) in [5, 5.41) is 6.30. The molecule has 0 unspecified atom stereocenters. The fourth-order valence-corrected chi connectivity index (χ4v) is 2.61. The van der Waals surface area contributed by atoms with Crippen LogP contribution in [0.3, 0.4) is 0 Å². The van der Waals surface area contributed by atoms with E-state index in [1.807, 2.05) is 68.4 Å². The van der Waals surface area contributed by atoms with Crippen molar-refractivity contribution in [2.24, 2.45) is 0 Å². The SMILES string of the molecule is CCOc1ccccc1NC(=O)[C@@H](N[C@H](C)COC)c1ccccc1. The molecule has 134 valence electrons. The number of nitrogens with one attached hydrogen (secondary N) is 2. The number of carbonyl (C=O) groups excluding carboxylic acids is 1. The molecule has 0 radical (unpaired) electrons. The number of hydrogen-bond acceptors (Lipinski definition) is 4. The Morgan fingerprint density at radius 3 is 2.44 bits per heavy atom. The van der Waals surface area contributed by atoms with Crippen LogP contribution in [0.4, 0.5) is 5.69 Å². The summed E-state index contributed by atoms with van der Waals surface area (Å²) in [6, 6.07) is 16.6. The minimum absolute atomic E-state index is 0.0306. The molecule has 0 saturated heterocycles. The van der Waals surface area contributed by atoms with Crippen molar-refractivity contribution >= 4 is 11.6 Å². The van der Waals surface area contributed by atoms with Gasteiger partial charge in [0.25, 0.3) is 0 Å². The number of rotatable bonds is 9. The molecule has 5 heteroatoms. The monoisotopic (exact) mass is 342 g/mol. The van der Waals surface area contributed by atoms with Crippen molar-refractivity contribution in [3.8, 4) is 5.75 Å². The molecule has 5 nitrogen and oxygen atoms in total. The highest BCUT2D eigenvalue weighted by molar-refractivity contribution is 5.96. The van der Waals surface area contributed by atoms with Gasteiger partial charge in [-0.3, -0.25) is 10.1 Å². The van der Waals surface area contributed by atoms with Crippen LogP contribution in [0.25, 0.3) is 0 Å². The number of amides is 1. The Hall–Kier alpha value is -2.37. The molecule has 0 aliphatic rings. The molecule has 2 rings (SSSR count). The maximum Gasteiger partial charge on any atom is 0.246 e. The molecule has 0 aromatic heterocycles. The summed E-state index contributed by atoms with van der Waals surface area (Å²) < 4.78 is 10.8. The molecule has 0 aliphatic carbocycles. The summed E-state index contributed by atoms with van der Waals surface area (Å²) >= 11 is 0. The molecule has 0 heterocycles.